The molecule has 6 nitrogen and oxygen atoms in total. The van der Waals surface area contributed by atoms with Crippen LogP contribution in [0, 0.1) is 155 Å². The number of carbonyl (C=O) groups excluding carboxylic acids is 1. The van der Waals surface area contributed by atoms with Crippen LogP contribution in [0.4, 0.5) is 0 Å². The Morgan fingerprint density at radius 1 is 1.14 bits per heavy atom. The summed E-state index contributed by atoms with van der Waals surface area (Å²) in [6.07, 6.45) is 4.53. The molecule has 2 heterocycles. The Bertz CT molecular complexity index is 640. The second-order valence-electron chi connectivity index (χ2n) is 9.23. The smallest absolute Gasteiger partial charge is 0.336 e. The van der Waals surface area contributed by atoms with E-state index in [0.717, 1.165) is 25.9 Å². The molecular weight excluding hydrogens is 1020 g/mol. The fourth-order valence-corrected chi connectivity index (χ4v) is 6.24. The van der Waals surface area contributed by atoms with E-state index in [-0.39, 0.29) is 168 Å². The van der Waals surface area contributed by atoms with Crippen LogP contribution in [0.15, 0.2) is 11.6 Å². The number of rotatable bonds is 3. The van der Waals surface area contributed by atoms with Crippen LogP contribution < -0.4 is 0 Å². The Hall–Kier alpha value is 3.37. The summed E-state index contributed by atoms with van der Waals surface area (Å²) in [6, 6.07) is 0. The number of aliphatic hydroxyl groups is 3. The molecule has 0 amide bonds. The number of cyclic esters (lactones) is 1. The number of ether oxygens (including phenoxy) is 2. The summed E-state index contributed by atoms with van der Waals surface area (Å²) < 4.78 is 10.9. The summed E-state index contributed by atoms with van der Waals surface area (Å²) in [7, 11) is 0. The van der Waals surface area contributed by atoms with Crippen molar-refractivity contribution in [2.24, 2.45) is 22.7 Å². The molecule has 2 saturated heterocycles. The van der Waals surface area contributed by atoms with Gasteiger partial charge in [0.05, 0.1) is 30.5 Å². The predicted molar refractivity (Wildman–Crippen MR) is 93.1 cm³/mol. The van der Waals surface area contributed by atoms with Gasteiger partial charge >= 0.3 is 5.97 Å². The number of hydrogen-bond acceptors (Lipinski definition) is 6. The van der Waals surface area contributed by atoms with Crippen molar-refractivity contribution in [1.82, 2.24) is 0 Å². The topological polar surface area (TPSA) is 99.5 Å². The van der Waals surface area contributed by atoms with Gasteiger partial charge in [0.1, 0.15) is 12.7 Å². The van der Waals surface area contributed by atoms with Gasteiger partial charge in [-0.25, -0.2) is 4.79 Å². The number of hydrogen-bond donors (Lipinski definition) is 3. The van der Waals surface area contributed by atoms with Crippen LogP contribution in [-0.2, 0) is 14.3 Å². The number of carbonyl (C=O) groups is 1. The van der Waals surface area contributed by atoms with Gasteiger partial charge in [-0.2, -0.15) is 0 Å². The van der Waals surface area contributed by atoms with E-state index in [4.69, 9.17) is 9.47 Å². The first-order chi connectivity index (χ1) is 12.3. The van der Waals surface area contributed by atoms with Crippen molar-refractivity contribution < 1.29 is 162 Å². The summed E-state index contributed by atoms with van der Waals surface area (Å²) in [5.74, 6) is -0.0392. The van der Waals surface area contributed by atoms with Gasteiger partial charge in [0.25, 0.3) is 0 Å². The van der Waals surface area contributed by atoms with E-state index < -0.39 is 23.6 Å². The van der Waals surface area contributed by atoms with Crippen molar-refractivity contribution in [2.45, 2.75) is 63.8 Å². The van der Waals surface area contributed by atoms with Crippen LogP contribution in [0.5, 0.6) is 0 Å². The van der Waals surface area contributed by atoms with E-state index >= 15 is 0 Å². The first-order valence-corrected chi connectivity index (χ1v) is 9.75. The molecule has 3 N–H and O–H groups in total. The molecule has 4 unspecified atom stereocenters. The zero-order valence-corrected chi connectivity index (χ0v) is 31.6. The first-order valence-electron chi connectivity index (χ1n) is 9.75. The number of fused-ring (bicyclic) bond motifs is 1. The third-order valence-corrected chi connectivity index (χ3v) is 7.99. The van der Waals surface area contributed by atoms with Crippen LogP contribution in [0.2, 0.25) is 0 Å². The summed E-state index contributed by atoms with van der Waals surface area (Å²) >= 11 is 0. The maximum absolute atomic E-state index is 11.8. The Morgan fingerprint density at radius 2 is 1.79 bits per heavy atom. The zero-order chi connectivity index (χ0) is 18.7. The van der Waals surface area contributed by atoms with Crippen molar-refractivity contribution in [3.8, 4) is 0 Å². The zero-order valence-electron chi connectivity index (χ0n) is 17.3. The minimum Gasteiger partial charge on any atom is -0.459 e. The number of allylic oxidation sites excluding steroid dienone is 1. The van der Waals surface area contributed by atoms with Crippen molar-refractivity contribution in [3.63, 3.8) is 0 Å². The minimum atomic E-state index is -0.846. The molecule has 7 atom stereocenters. The van der Waals surface area contributed by atoms with E-state index in [0.29, 0.717) is 18.4 Å². The third-order valence-electron chi connectivity index (χ3n) is 7.99. The second kappa shape index (κ2) is 11.4. The second-order valence-corrected chi connectivity index (χ2v) is 9.23. The van der Waals surface area contributed by atoms with Crippen molar-refractivity contribution in [1.29, 1.82) is 0 Å². The van der Waals surface area contributed by atoms with E-state index in [2.05, 4.69) is 6.92 Å². The monoisotopic (exact) mass is 1050 g/mol. The average molecular weight is 1050 g/mol. The molecule has 29 heavy (non-hydrogen) atoms. The molecular formula is C20H30Ac3O6. The molecule has 4 fully saturated rings. The molecule has 0 aromatic heterocycles. The van der Waals surface area contributed by atoms with E-state index in [9.17, 15) is 20.1 Å². The summed E-state index contributed by atoms with van der Waals surface area (Å²) in [5.41, 5.74) is -0.405. The molecule has 0 aromatic rings. The van der Waals surface area contributed by atoms with E-state index in [1.54, 1.807) is 0 Å². The van der Waals surface area contributed by atoms with Crippen LogP contribution >= 0.6 is 0 Å². The van der Waals surface area contributed by atoms with Gasteiger partial charge in [-0.1, -0.05) is 19.9 Å². The van der Waals surface area contributed by atoms with Crippen molar-refractivity contribution in [3.05, 3.63) is 11.6 Å². The molecule has 2 aliphatic heterocycles. The van der Waals surface area contributed by atoms with Gasteiger partial charge in [0.2, 0.25) is 0 Å². The Kier molecular flexibility index (Phi) is 12.0. The molecule has 155 valence electrons. The maximum Gasteiger partial charge on any atom is 0.336 e. The Labute approximate surface area is 280 Å². The molecule has 2 aliphatic carbocycles. The number of epoxide rings is 1. The fourth-order valence-electron chi connectivity index (χ4n) is 6.24. The molecule has 0 aromatic carbocycles. The normalized spacial score (nSPS) is 46.8. The van der Waals surface area contributed by atoms with Gasteiger partial charge in [-0.3, -0.25) is 0 Å². The van der Waals surface area contributed by atoms with Crippen LogP contribution in [-0.4, -0.2) is 58.9 Å². The molecule has 0 bridgehead atoms. The fraction of sp³-hybridized carbons (Fsp3) is 0.850. The number of aliphatic hydroxyl groups excluding tert-OH is 3. The largest absolute Gasteiger partial charge is 0.459 e. The van der Waals surface area contributed by atoms with E-state index in [1.807, 2.05) is 13.0 Å². The SMILES string of the molecule is C[C@@]1(CO)C(O)CC[C@]2(C)C(C/C=C3/C(=O)OCC3O)[C@]3(CCC12)CO3.[Ac].[Ac].[Ac]. The summed E-state index contributed by atoms with van der Waals surface area (Å²) in [4.78, 5) is 11.8. The van der Waals surface area contributed by atoms with Crippen molar-refractivity contribution >= 4 is 5.97 Å². The van der Waals surface area contributed by atoms with Gasteiger partial charge in [-0.05, 0) is 49.4 Å². The average Bonchev–Trinajstić information content (AvgIpc) is 3.31. The predicted octanol–water partition coefficient (Wildman–Crippen LogP) is 1.18. The molecule has 9 heteroatoms. The quantitative estimate of drug-likeness (QED) is 0.224. The summed E-state index contributed by atoms with van der Waals surface area (Å²) in [6.45, 7) is 4.99. The molecule has 2 saturated carbocycles. The summed E-state index contributed by atoms with van der Waals surface area (Å²) in [5, 5.41) is 30.6. The third kappa shape index (κ3) is 5.31. The van der Waals surface area contributed by atoms with Gasteiger partial charge in [-0.15, -0.1) is 0 Å². The van der Waals surface area contributed by atoms with Gasteiger partial charge in [0, 0.05) is 138 Å². The first kappa shape index (κ1) is 30.4. The van der Waals surface area contributed by atoms with E-state index in [1.165, 1.54) is 0 Å². The van der Waals surface area contributed by atoms with Gasteiger partial charge in [0.15, 0.2) is 0 Å². The van der Waals surface area contributed by atoms with Gasteiger partial charge < -0.3 is 24.8 Å². The minimum absolute atomic E-state index is 0. The molecule has 4 rings (SSSR count). The standard InChI is InChI=1S/C20H30O6.3Ac/c1-18-7-6-16(23)19(2,10-21)14(18)5-8-20(11-26-20)15(18)4-3-12-13(22)9-25-17(12)24;;;/h3,13-16,21-23H,4-11H2,1-2H3;;;/b12-3+;;;/t13?,14?,15?,16?,18-,19-,20-;;;/m0.../s1. The maximum atomic E-state index is 11.8. The Morgan fingerprint density at radius 3 is 2.31 bits per heavy atom. The molecule has 1 spiro atoms. The van der Waals surface area contributed by atoms with Crippen molar-refractivity contribution in [2.75, 3.05) is 19.8 Å². The Balaban J connectivity index is 0.00000140. The molecule has 4 aliphatic rings. The van der Waals surface area contributed by atoms with Crippen LogP contribution in [0.25, 0.3) is 0 Å². The van der Waals surface area contributed by atoms with Crippen LogP contribution in [0.3, 0.4) is 0 Å². The number of esters is 1. The van der Waals surface area contributed by atoms with Crippen LogP contribution in [0.1, 0.15) is 46.0 Å². The molecule has 3 radical (unpaired) electrons.